The topological polar surface area (TPSA) is 91.8 Å². The Hall–Kier alpha value is -3.87. The number of ether oxygens (including phenoxy) is 2. The van der Waals surface area contributed by atoms with Crippen molar-refractivity contribution in [2.75, 3.05) is 6.61 Å². The number of para-hydroxylation sites is 1. The van der Waals surface area contributed by atoms with Gasteiger partial charge in [-0.15, -0.1) is 0 Å². The lowest BCUT2D eigenvalue weighted by atomic mass is 10.1. The molecule has 0 atom stereocenters. The van der Waals surface area contributed by atoms with Gasteiger partial charge in [0.15, 0.2) is 5.78 Å². The molecule has 0 aliphatic rings. The number of nitrogens with zero attached hydrogens (tertiary/aromatic N) is 1. The second kappa shape index (κ2) is 9.36. The average Bonchev–Trinajstić information content (AvgIpc) is 3.19. The zero-order chi connectivity index (χ0) is 20.6. The molecule has 0 fully saturated rings. The molecule has 0 radical (unpaired) electrons. The predicted octanol–water partition coefficient (Wildman–Crippen LogP) is 5.06. The predicted molar refractivity (Wildman–Crippen MR) is 107 cm³/mol. The summed E-state index contributed by atoms with van der Waals surface area (Å²) in [6.45, 7) is 2.74. The van der Waals surface area contributed by atoms with Crippen molar-refractivity contribution in [1.29, 1.82) is 0 Å². The second-order valence-electron chi connectivity index (χ2n) is 5.97. The Morgan fingerprint density at radius 2 is 1.72 bits per heavy atom. The van der Waals surface area contributed by atoms with Gasteiger partial charge in [-0.05, 0) is 61.5 Å². The van der Waals surface area contributed by atoms with Crippen LogP contribution in [0.4, 0.5) is 5.69 Å². The maximum Gasteiger partial charge on any atom is 0.280 e. The fraction of sp³-hybridized carbons (Fsp3) is 0.136. The van der Waals surface area contributed by atoms with Crippen LogP contribution in [0.25, 0.3) is 6.08 Å². The number of nitro groups is 1. The SMILES string of the molecule is CCOc1ccc(OCc2ccc(/C=C/C(=O)c3ccccc3[N+](=O)[O-])o2)cc1. The van der Waals surface area contributed by atoms with Crippen LogP contribution in [0.3, 0.4) is 0 Å². The molecule has 0 spiro atoms. The van der Waals surface area contributed by atoms with E-state index in [0.29, 0.717) is 23.9 Å². The molecule has 0 amide bonds. The molecule has 0 bridgehead atoms. The summed E-state index contributed by atoms with van der Waals surface area (Å²) in [6.07, 6.45) is 2.72. The van der Waals surface area contributed by atoms with E-state index in [1.807, 2.05) is 19.1 Å². The van der Waals surface area contributed by atoms with Crippen molar-refractivity contribution in [2.24, 2.45) is 0 Å². The number of rotatable bonds is 9. The number of hydrogen-bond donors (Lipinski definition) is 0. The molecule has 7 nitrogen and oxygen atoms in total. The van der Waals surface area contributed by atoms with E-state index in [4.69, 9.17) is 13.9 Å². The monoisotopic (exact) mass is 393 g/mol. The normalized spacial score (nSPS) is 10.8. The number of benzene rings is 2. The van der Waals surface area contributed by atoms with Crippen molar-refractivity contribution in [1.82, 2.24) is 0 Å². The van der Waals surface area contributed by atoms with Crippen molar-refractivity contribution in [2.45, 2.75) is 13.5 Å². The van der Waals surface area contributed by atoms with E-state index < -0.39 is 10.7 Å². The Bertz CT molecular complexity index is 1020. The molecule has 0 saturated heterocycles. The van der Waals surface area contributed by atoms with Crippen LogP contribution in [0.1, 0.15) is 28.8 Å². The molecule has 3 rings (SSSR count). The quantitative estimate of drug-likeness (QED) is 0.218. The number of nitro benzene ring substituents is 1. The Morgan fingerprint density at radius 1 is 1.03 bits per heavy atom. The van der Waals surface area contributed by atoms with E-state index in [0.717, 1.165) is 5.75 Å². The van der Waals surface area contributed by atoms with Gasteiger partial charge in [0, 0.05) is 6.07 Å². The lowest BCUT2D eigenvalue weighted by Crippen LogP contribution is -2.00. The molecule has 0 aliphatic heterocycles. The molecule has 0 unspecified atom stereocenters. The minimum atomic E-state index is -0.579. The molecule has 1 heterocycles. The average molecular weight is 393 g/mol. The first kappa shape index (κ1) is 19.9. The fourth-order valence-electron chi connectivity index (χ4n) is 2.60. The third-order valence-corrected chi connectivity index (χ3v) is 3.96. The van der Waals surface area contributed by atoms with Crippen LogP contribution in [0, 0.1) is 10.1 Å². The highest BCUT2D eigenvalue weighted by molar-refractivity contribution is 6.09. The molecular formula is C22H19NO6. The van der Waals surface area contributed by atoms with Gasteiger partial charge < -0.3 is 13.9 Å². The highest BCUT2D eigenvalue weighted by Crippen LogP contribution is 2.21. The summed E-state index contributed by atoms with van der Waals surface area (Å²) in [7, 11) is 0. The molecule has 2 aromatic carbocycles. The summed E-state index contributed by atoms with van der Waals surface area (Å²) in [6, 6.07) is 16.5. The largest absolute Gasteiger partial charge is 0.494 e. The number of carbonyl (C=O) groups excluding carboxylic acids is 1. The number of allylic oxidation sites excluding steroid dienone is 1. The molecule has 7 heteroatoms. The van der Waals surface area contributed by atoms with Gasteiger partial charge in [0.2, 0.25) is 0 Å². The highest BCUT2D eigenvalue weighted by Gasteiger charge is 2.17. The zero-order valence-electron chi connectivity index (χ0n) is 15.7. The highest BCUT2D eigenvalue weighted by atomic mass is 16.6. The molecule has 148 valence electrons. The van der Waals surface area contributed by atoms with Gasteiger partial charge in [0.05, 0.1) is 17.1 Å². The van der Waals surface area contributed by atoms with Gasteiger partial charge in [0.25, 0.3) is 5.69 Å². The molecule has 29 heavy (non-hydrogen) atoms. The van der Waals surface area contributed by atoms with Crippen LogP contribution >= 0.6 is 0 Å². The molecular weight excluding hydrogens is 374 g/mol. The summed E-state index contributed by atoms with van der Waals surface area (Å²) in [5.41, 5.74) is -0.203. The van der Waals surface area contributed by atoms with Gasteiger partial charge in [-0.25, -0.2) is 0 Å². The Morgan fingerprint density at radius 3 is 2.41 bits per heavy atom. The Labute approximate surface area is 167 Å². The number of hydrogen-bond acceptors (Lipinski definition) is 6. The van der Waals surface area contributed by atoms with Crippen molar-refractivity contribution in [3.05, 3.63) is 93.9 Å². The van der Waals surface area contributed by atoms with E-state index in [9.17, 15) is 14.9 Å². The third-order valence-electron chi connectivity index (χ3n) is 3.96. The van der Waals surface area contributed by atoms with Crippen molar-refractivity contribution < 1.29 is 23.6 Å². The van der Waals surface area contributed by atoms with Crippen LogP contribution in [-0.2, 0) is 6.61 Å². The van der Waals surface area contributed by atoms with Crippen LogP contribution in [0.5, 0.6) is 11.5 Å². The zero-order valence-corrected chi connectivity index (χ0v) is 15.7. The van der Waals surface area contributed by atoms with Gasteiger partial charge >= 0.3 is 0 Å². The number of carbonyl (C=O) groups is 1. The minimum absolute atomic E-state index is 0.0272. The maximum atomic E-state index is 12.3. The third kappa shape index (κ3) is 5.32. The van der Waals surface area contributed by atoms with Gasteiger partial charge in [-0.3, -0.25) is 14.9 Å². The summed E-state index contributed by atoms with van der Waals surface area (Å²) in [5.74, 6) is 2.00. The lowest BCUT2D eigenvalue weighted by molar-refractivity contribution is -0.385. The van der Waals surface area contributed by atoms with Gasteiger partial charge in [-0.2, -0.15) is 0 Å². The summed E-state index contributed by atoms with van der Waals surface area (Å²) >= 11 is 0. The molecule has 3 aromatic rings. The van der Waals surface area contributed by atoms with E-state index in [1.54, 1.807) is 30.3 Å². The van der Waals surface area contributed by atoms with Crippen molar-refractivity contribution in [3.63, 3.8) is 0 Å². The Balaban J connectivity index is 1.60. The van der Waals surface area contributed by atoms with Crippen LogP contribution in [0.15, 0.2) is 71.2 Å². The maximum absolute atomic E-state index is 12.3. The molecule has 0 aliphatic carbocycles. The van der Waals surface area contributed by atoms with E-state index >= 15 is 0 Å². The van der Waals surface area contributed by atoms with Gasteiger partial charge in [0.1, 0.15) is 29.6 Å². The standard InChI is InChI=1S/C22H19NO6/c1-2-27-16-7-9-17(10-8-16)28-15-19-12-11-18(29-19)13-14-22(24)20-5-3-4-6-21(20)23(25)26/h3-14H,2,15H2,1H3/b14-13+. The van der Waals surface area contributed by atoms with Crippen LogP contribution < -0.4 is 9.47 Å². The van der Waals surface area contributed by atoms with E-state index in [-0.39, 0.29) is 17.9 Å². The van der Waals surface area contributed by atoms with Crippen molar-refractivity contribution in [3.8, 4) is 11.5 Å². The molecule has 0 saturated carbocycles. The second-order valence-corrected chi connectivity index (χ2v) is 5.97. The van der Waals surface area contributed by atoms with Crippen LogP contribution in [-0.4, -0.2) is 17.3 Å². The first-order valence-electron chi connectivity index (χ1n) is 8.97. The molecule has 1 aromatic heterocycles. The van der Waals surface area contributed by atoms with Crippen LogP contribution in [0.2, 0.25) is 0 Å². The minimum Gasteiger partial charge on any atom is -0.494 e. The van der Waals surface area contributed by atoms with Gasteiger partial charge in [-0.1, -0.05) is 12.1 Å². The smallest absolute Gasteiger partial charge is 0.280 e. The van der Waals surface area contributed by atoms with E-state index in [2.05, 4.69) is 0 Å². The summed E-state index contributed by atoms with van der Waals surface area (Å²) in [5, 5.41) is 11.0. The first-order valence-corrected chi connectivity index (χ1v) is 8.97. The van der Waals surface area contributed by atoms with Crippen molar-refractivity contribution >= 4 is 17.5 Å². The lowest BCUT2D eigenvalue weighted by Gasteiger charge is -2.06. The first-order chi connectivity index (χ1) is 14.1. The Kier molecular flexibility index (Phi) is 6.42. The number of ketones is 1. The summed E-state index contributed by atoms with van der Waals surface area (Å²) < 4.78 is 16.6. The number of furan rings is 1. The molecule has 0 N–H and O–H groups in total. The summed E-state index contributed by atoms with van der Waals surface area (Å²) in [4.78, 5) is 22.7. The fourth-order valence-corrected chi connectivity index (χ4v) is 2.60. The van der Waals surface area contributed by atoms with E-state index in [1.165, 1.54) is 30.4 Å².